The van der Waals surface area contributed by atoms with Gasteiger partial charge < -0.3 is 15.4 Å². The minimum Gasteiger partial charge on any atom is -0.497 e. The molecule has 1 aliphatic heterocycles. The van der Waals surface area contributed by atoms with Crippen molar-refractivity contribution in [2.75, 3.05) is 7.11 Å². The predicted molar refractivity (Wildman–Crippen MR) is 94.5 cm³/mol. The van der Waals surface area contributed by atoms with Crippen molar-refractivity contribution in [1.82, 2.24) is 10.6 Å². The van der Waals surface area contributed by atoms with Gasteiger partial charge in [-0.25, -0.2) is 0 Å². The Kier molecular flexibility index (Phi) is 5.15. The Bertz CT molecular complexity index is 575. The van der Waals surface area contributed by atoms with E-state index in [1.165, 1.54) is 0 Å². The van der Waals surface area contributed by atoms with E-state index in [9.17, 15) is 4.79 Å². The summed E-state index contributed by atoms with van der Waals surface area (Å²) in [6, 6.07) is 7.83. The number of methoxy groups -OCH3 is 1. The van der Waals surface area contributed by atoms with Crippen molar-refractivity contribution >= 4 is 12.0 Å². The van der Waals surface area contributed by atoms with E-state index >= 15 is 0 Å². The first-order valence-electron chi connectivity index (χ1n) is 8.11. The second-order valence-electron chi connectivity index (χ2n) is 7.62. The van der Waals surface area contributed by atoms with Gasteiger partial charge in [0, 0.05) is 23.2 Å². The average molecular weight is 316 g/mol. The highest BCUT2D eigenvalue weighted by atomic mass is 16.5. The number of amides is 1. The van der Waals surface area contributed by atoms with Crippen LogP contribution in [0.25, 0.3) is 6.08 Å². The Labute approximate surface area is 139 Å². The second-order valence-corrected chi connectivity index (χ2v) is 7.62. The SMILES string of the molecule is COc1cccc(/C=C/C(=O)NC2CC(C)(C)NC(C)(C)C2)c1. The van der Waals surface area contributed by atoms with Crippen LogP contribution in [0.2, 0.25) is 0 Å². The molecule has 1 aromatic rings. The molecule has 126 valence electrons. The summed E-state index contributed by atoms with van der Waals surface area (Å²) in [5.41, 5.74) is 0.998. The lowest BCUT2D eigenvalue weighted by molar-refractivity contribution is -0.117. The first-order valence-corrected chi connectivity index (χ1v) is 8.11. The number of rotatable bonds is 4. The Morgan fingerprint density at radius 2 is 1.91 bits per heavy atom. The van der Waals surface area contributed by atoms with Crippen LogP contribution in [0.15, 0.2) is 30.3 Å². The van der Waals surface area contributed by atoms with E-state index in [0.717, 1.165) is 24.2 Å². The van der Waals surface area contributed by atoms with Crippen molar-refractivity contribution < 1.29 is 9.53 Å². The minimum absolute atomic E-state index is 0.0240. The van der Waals surface area contributed by atoms with Crippen molar-refractivity contribution in [3.8, 4) is 5.75 Å². The summed E-state index contributed by atoms with van der Waals surface area (Å²) in [5, 5.41) is 6.75. The van der Waals surface area contributed by atoms with Crippen molar-refractivity contribution in [3.05, 3.63) is 35.9 Å². The molecule has 0 unspecified atom stereocenters. The van der Waals surface area contributed by atoms with E-state index in [0.29, 0.717) is 0 Å². The van der Waals surface area contributed by atoms with Gasteiger partial charge in [-0.2, -0.15) is 0 Å². The minimum atomic E-state index is -0.0497. The third kappa shape index (κ3) is 5.39. The van der Waals surface area contributed by atoms with Gasteiger partial charge in [-0.15, -0.1) is 0 Å². The molecule has 1 fully saturated rings. The molecule has 0 aromatic heterocycles. The molecule has 0 radical (unpaired) electrons. The lowest BCUT2D eigenvalue weighted by Crippen LogP contribution is -2.62. The molecule has 4 heteroatoms. The Balaban J connectivity index is 1.97. The number of nitrogens with one attached hydrogen (secondary N) is 2. The maximum Gasteiger partial charge on any atom is 0.244 e. The van der Waals surface area contributed by atoms with E-state index in [1.54, 1.807) is 13.2 Å². The van der Waals surface area contributed by atoms with E-state index in [2.05, 4.69) is 38.3 Å². The van der Waals surface area contributed by atoms with Gasteiger partial charge in [0.1, 0.15) is 5.75 Å². The molecule has 0 saturated carbocycles. The molecule has 0 spiro atoms. The molecule has 0 bridgehead atoms. The molecule has 2 rings (SSSR count). The summed E-state index contributed by atoms with van der Waals surface area (Å²) in [4.78, 5) is 12.2. The molecular formula is C19H28N2O2. The largest absolute Gasteiger partial charge is 0.497 e. The molecule has 0 atom stereocenters. The van der Waals surface area contributed by atoms with Gasteiger partial charge >= 0.3 is 0 Å². The number of benzene rings is 1. The van der Waals surface area contributed by atoms with Gasteiger partial charge in [0.25, 0.3) is 0 Å². The van der Waals surface area contributed by atoms with Crippen LogP contribution in [-0.4, -0.2) is 30.1 Å². The molecule has 1 aromatic carbocycles. The van der Waals surface area contributed by atoms with Crippen molar-refractivity contribution in [2.24, 2.45) is 0 Å². The zero-order valence-electron chi connectivity index (χ0n) is 14.8. The number of hydrogen-bond acceptors (Lipinski definition) is 3. The van der Waals surface area contributed by atoms with E-state index < -0.39 is 0 Å². The molecule has 4 nitrogen and oxygen atoms in total. The smallest absolute Gasteiger partial charge is 0.244 e. The topological polar surface area (TPSA) is 50.4 Å². The molecule has 1 heterocycles. The van der Waals surface area contributed by atoms with Gasteiger partial charge in [0.05, 0.1) is 7.11 Å². The summed E-state index contributed by atoms with van der Waals surface area (Å²) in [5.74, 6) is 0.737. The zero-order chi connectivity index (χ0) is 17.1. The predicted octanol–water partition coefficient (Wildman–Crippen LogP) is 3.13. The van der Waals surface area contributed by atoms with Crippen molar-refractivity contribution in [1.29, 1.82) is 0 Å². The number of carbonyl (C=O) groups excluding carboxylic acids is 1. The fourth-order valence-electron chi connectivity index (χ4n) is 3.59. The second kappa shape index (κ2) is 6.75. The number of hydrogen-bond donors (Lipinski definition) is 2. The molecule has 0 aliphatic carbocycles. The van der Waals surface area contributed by atoms with Gasteiger partial charge in [-0.05, 0) is 64.3 Å². The highest BCUT2D eigenvalue weighted by Gasteiger charge is 2.37. The summed E-state index contributed by atoms with van der Waals surface area (Å²) < 4.78 is 5.19. The van der Waals surface area contributed by atoms with Crippen LogP contribution >= 0.6 is 0 Å². The Hall–Kier alpha value is -1.81. The quantitative estimate of drug-likeness (QED) is 0.839. The standard InChI is InChI=1S/C19H28N2O2/c1-18(2)12-15(13-19(3,4)21-18)20-17(22)10-9-14-7-6-8-16(11-14)23-5/h6-11,15,21H,12-13H2,1-5H3,(H,20,22)/b10-9+. The van der Waals surface area contributed by atoms with Crippen LogP contribution in [0, 0.1) is 0 Å². The van der Waals surface area contributed by atoms with Crippen molar-refractivity contribution in [2.45, 2.75) is 57.7 Å². The fourth-order valence-corrected chi connectivity index (χ4v) is 3.59. The summed E-state index contributed by atoms with van der Waals surface area (Å²) >= 11 is 0. The number of ether oxygens (including phenoxy) is 1. The van der Waals surface area contributed by atoms with Gasteiger partial charge in [0.2, 0.25) is 5.91 Å². The summed E-state index contributed by atoms with van der Waals surface area (Å²) in [7, 11) is 1.64. The molecule has 1 amide bonds. The zero-order valence-corrected chi connectivity index (χ0v) is 14.8. The average Bonchev–Trinajstić information content (AvgIpc) is 2.42. The van der Waals surface area contributed by atoms with Crippen LogP contribution in [-0.2, 0) is 4.79 Å². The lowest BCUT2D eigenvalue weighted by Gasteiger charge is -2.46. The van der Waals surface area contributed by atoms with Gasteiger partial charge in [0.15, 0.2) is 0 Å². The van der Waals surface area contributed by atoms with Crippen LogP contribution in [0.5, 0.6) is 5.75 Å². The molecule has 1 saturated heterocycles. The third-order valence-corrected chi connectivity index (χ3v) is 4.06. The first-order chi connectivity index (χ1) is 10.7. The van der Waals surface area contributed by atoms with Gasteiger partial charge in [-0.3, -0.25) is 4.79 Å². The maximum atomic E-state index is 12.2. The highest BCUT2D eigenvalue weighted by Crippen LogP contribution is 2.28. The fraction of sp³-hybridized carbons (Fsp3) is 0.526. The third-order valence-electron chi connectivity index (χ3n) is 4.06. The number of piperidine rings is 1. The van der Waals surface area contributed by atoms with E-state index in [-0.39, 0.29) is 23.0 Å². The molecule has 1 aliphatic rings. The van der Waals surface area contributed by atoms with E-state index in [4.69, 9.17) is 4.74 Å². The van der Waals surface area contributed by atoms with Crippen molar-refractivity contribution in [3.63, 3.8) is 0 Å². The number of carbonyl (C=O) groups is 1. The van der Waals surface area contributed by atoms with Crippen LogP contribution in [0.1, 0.15) is 46.1 Å². The molecule has 23 heavy (non-hydrogen) atoms. The summed E-state index contributed by atoms with van der Waals surface area (Å²) in [6.45, 7) is 8.72. The summed E-state index contributed by atoms with van der Waals surface area (Å²) in [6.07, 6.45) is 5.26. The highest BCUT2D eigenvalue weighted by molar-refractivity contribution is 5.92. The maximum absolute atomic E-state index is 12.2. The Morgan fingerprint density at radius 1 is 1.26 bits per heavy atom. The molecular weight excluding hydrogens is 288 g/mol. The van der Waals surface area contributed by atoms with Gasteiger partial charge in [-0.1, -0.05) is 12.1 Å². The monoisotopic (exact) mass is 316 g/mol. The van der Waals surface area contributed by atoms with E-state index in [1.807, 2.05) is 30.3 Å². The van der Waals surface area contributed by atoms with Crippen LogP contribution in [0.3, 0.4) is 0 Å². The molecule has 2 N–H and O–H groups in total. The first kappa shape index (κ1) is 17.5. The normalized spacial score (nSPS) is 20.4. The Morgan fingerprint density at radius 3 is 2.52 bits per heavy atom. The lowest BCUT2D eigenvalue weighted by atomic mass is 9.79. The van der Waals surface area contributed by atoms with Crippen LogP contribution in [0.4, 0.5) is 0 Å². The van der Waals surface area contributed by atoms with Crippen LogP contribution < -0.4 is 15.4 Å².